The summed E-state index contributed by atoms with van der Waals surface area (Å²) in [6, 6.07) is 11.6. The molecule has 1 atom stereocenters. The van der Waals surface area contributed by atoms with Gasteiger partial charge in [0.05, 0.1) is 10.6 Å². The number of carbonyl (C=O) groups is 2. The number of nitrogens with zero attached hydrogens (tertiary/aromatic N) is 1. The van der Waals surface area contributed by atoms with Crippen molar-refractivity contribution in [1.29, 1.82) is 0 Å². The molecule has 9 heteroatoms. The smallest absolute Gasteiger partial charge is 0.338 e. The highest BCUT2D eigenvalue weighted by atomic mass is 35.5. The van der Waals surface area contributed by atoms with Crippen molar-refractivity contribution < 1.29 is 22.7 Å². The highest BCUT2D eigenvalue weighted by Gasteiger charge is 2.31. The van der Waals surface area contributed by atoms with E-state index in [1.54, 1.807) is 0 Å². The van der Waals surface area contributed by atoms with Gasteiger partial charge in [0.2, 0.25) is 10.0 Å². The van der Waals surface area contributed by atoms with Crippen molar-refractivity contribution in [1.82, 2.24) is 9.62 Å². The van der Waals surface area contributed by atoms with E-state index in [-0.39, 0.29) is 21.4 Å². The van der Waals surface area contributed by atoms with Gasteiger partial charge in [-0.25, -0.2) is 13.2 Å². The van der Waals surface area contributed by atoms with E-state index in [0.717, 1.165) is 24.0 Å². The third-order valence-corrected chi connectivity index (χ3v) is 7.70. The molecule has 3 rings (SSSR count). The summed E-state index contributed by atoms with van der Waals surface area (Å²) in [5.41, 5.74) is 2.06. The number of halogens is 1. The van der Waals surface area contributed by atoms with Crippen molar-refractivity contribution in [3.8, 4) is 0 Å². The monoisotopic (exact) mass is 478 g/mol. The molecule has 1 fully saturated rings. The zero-order chi connectivity index (χ0) is 23.3. The van der Waals surface area contributed by atoms with Gasteiger partial charge in [0.1, 0.15) is 4.90 Å². The maximum Gasteiger partial charge on any atom is 0.338 e. The van der Waals surface area contributed by atoms with Gasteiger partial charge in [-0.2, -0.15) is 4.31 Å². The molecule has 2 aromatic rings. The van der Waals surface area contributed by atoms with Gasteiger partial charge >= 0.3 is 5.97 Å². The Balaban J connectivity index is 1.62. The van der Waals surface area contributed by atoms with Gasteiger partial charge in [-0.1, -0.05) is 48.4 Å². The number of amides is 1. The average Bonchev–Trinajstić information content (AvgIpc) is 2.77. The standard InChI is InChI=1S/C23H27ClN2O5S/c1-16-5-7-18(8-6-16)13-25-22(27)15-31-23(28)19-9-10-20(24)21(12-19)32(29,30)26-11-3-4-17(2)14-26/h5-10,12,17H,3-4,11,13-15H2,1-2H3,(H,25,27). The summed E-state index contributed by atoms with van der Waals surface area (Å²) >= 11 is 6.16. The Morgan fingerprint density at radius 3 is 2.59 bits per heavy atom. The molecule has 2 aromatic carbocycles. The SMILES string of the molecule is Cc1ccc(CNC(=O)COC(=O)c2ccc(Cl)c(S(=O)(=O)N3CCCC(C)C3)c2)cc1. The summed E-state index contributed by atoms with van der Waals surface area (Å²) in [4.78, 5) is 24.3. The van der Waals surface area contributed by atoms with E-state index >= 15 is 0 Å². The maximum absolute atomic E-state index is 13.1. The van der Waals surface area contributed by atoms with Gasteiger partial charge < -0.3 is 10.1 Å². The normalized spacial score (nSPS) is 17.0. The number of benzene rings is 2. The number of esters is 1. The van der Waals surface area contributed by atoms with Crippen LogP contribution in [0.4, 0.5) is 0 Å². The molecular weight excluding hydrogens is 452 g/mol. The summed E-state index contributed by atoms with van der Waals surface area (Å²) in [5, 5.41) is 2.71. The minimum Gasteiger partial charge on any atom is -0.452 e. The second kappa shape index (κ2) is 10.5. The lowest BCUT2D eigenvalue weighted by molar-refractivity contribution is -0.124. The molecule has 172 valence electrons. The zero-order valence-electron chi connectivity index (χ0n) is 18.1. The first-order valence-electron chi connectivity index (χ1n) is 10.5. The molecule has 0 saturated carbocycles. The van der Waals surface area contributed by atoms with Crippen LogP contribution < -0.4 is 5.32 Å². The third kappa shape index (κ3) is 6.09. The van der Waals surface area contributed by atoms with E-state index in [9.17, 15) is 18.0 Å². The average molecular weight is 479 g/mol. The number of sulfonamides is 1. The molecule has 1 aliphatic rings. The Morgan fingerprint density at radius 1 is 1.19 bits per heavy atom. The molecule has 0 bridgehead atoms. The Bertz CT molecular complexity index is 1090. The molecule has 1 N–H and O–H groups in total. The van der Waals surface area contributed by atoms with Gasteiger partial charge in [-0.3, -0.25) is 4.79 Å². The van der Waals surface area contributed by atoms with E-state index in [1.165, 1.54) is 22.5 Å². The van der Waals surface area contributed by atoms with Crippen LogP contribution >= 0.6 is 11.6 Å². The van der Waals surface area contributed by atoms with Gasteiger partial charge in [0, 0.05) is 19.6 Å². The summed E-state index contributed by atoms with van der Waals surface area (Å²) in [6.07, 6.45) is 1.75. The number of rotatable bonds is 7. The molecule has 1 unspecified atom stereocenters. The van der Waals surface area contributed by atoms with E-state index in [2.05, 4.69) is 5.32 Å². The fourth-order valence-electron chi connectivity index (χ4n) is 3.50. The first kappa shape index (κ1) is 24.2. The molecule has 0 spiro atoms. The zero-order valence-corrected chi connectivity index (χ0v) is 19.7. The van der Waals surface area contributed by atoms with Crippen LogP contribution in [0, 0.1) is 12.8 Å². The number of hydrogen-bond acceptors (Lipinski definition) is 5. The molecule has 0 aromatic heterocycles. The molecule has 32 heavy (non-hydrogen) atoms. The second-order valence-corrected chi connectivity index (χ2v) is 10.4. The summed E-state index contributed by atoms with van der Waals surface area (Å²) in [7, 11) is -3.84. The van der Waals surface area contributed by atoms with E-state index in [0.29, 0.717) is 19.6 Å². The lowest BCUT2D eigenvalue weighted by Gasteiger charge is -2.30. The number of nitrogens with one attached hydrogen (secondary N) is 1. The van der Waals surface area contributed by atoms with Crippen molar-refractivity contribution in [2.24, 2.45) is 5.92 Å². The van der Waals surface area contributed by atoms with Crippen LogP contribution in [0.5, 0.6) is 0 Å². The lowest BCUT2D eigenvalue weighted by Crippen LogP contribution is -2.39. The van der Waals surface area contributed by atoms with Gasteiger partial charge in [-0.15, -0.1) is 0 Å². The lowest BCUT2D eigenvalue weighted by atomic mass is 10.0. The Morgan fingerprint density at radius 2 is 1.91 bits per heavy atom. The van der Waals surface area contributed by atoms with Gasteiger partial charge in [-0.05, 0) is 49.4 Å². The van der Waals surface area contributed by atoms with Crippen LogP contribution in [-0.4, -0.2) is 44.3 Å². The predicted octanol–water partition coefficient (Wildman–Crippen LogP) is 3.54. The Labute approximate surface area is 193 Å². The van der Waals surface area contributed by atoms with Crippen LogP contribution in [-0.2, 0) is 26.1 Å². The van der Waals surface area contributed by atoms with Crippen molar-refractivity contribution in [2.75, 3.05) is 19.7 Å². The van der Waals surface area contributed by atoms with Crippen LogP contribution in [0.15, 0.2) is 47.4 Å². The molecule has 1 saturated heterocycles. The molecule has 1 aliphatic heterocycles. The molecule has 1 heterocycles. The molecule has 0 aliphatic carbocycles. The fourth-order valence-corrected chi connectivity index (χ4v) is 5.60. The number of hydrogen-bond donors (Lipinski definition) is 1. The van der Waals surface area contributed by atoms with Crippen molar-refractivity contribution >= 4 is 33.5 Å². The van der Waals surface area contributed by atoms with Crippen molar-refractivity contribution in [3.63, 3.8) is 0 Å². The topological polar surface area (TPSA) is 92.8 Å². The second-order valence-electron chi connectivity index (χ2n) is 8.09. The minimum atomic E-state index is -3.84. The summed E-state index contributed by atoms with van der Waals surface area (Å²) < 4.78 is 32.6. The third-order valence-electron chi connectivity index (χ3n) is 5.35. The molecule has 1 amide bonds. The number of piperidine rings is 1. The molecule has 0 radical (unpaired) electrons. The number of carbonyl (C=O) groups excluding carboxylic acids is 2. The first-order chi connectivity index (χ1) is 15.2. The number of aryl methyl sites for hydroxylation is 1. The largest absolute Gasteiger partial charge is 0.452 e. The van der Waals surface area contributed by atoms with Crippen LogP contribution in [0.25, 0.3) is 0 Å². The first-order valence-corrected chi connectivity index (χ1v) is 12.3. The predicted molar refractivity (Wildman–Crippen MR) is 122 cm³/mol. The maximum atomic E-state index is 13.1. The molecule has 7 nitrogen and oxygen atoms in total. The number of ether oxygens (including phenoxy) is 1. The molecular formula is C23H27ClN2O5S. The van der Waals surface area contributed by atoms with Crippen LogP contribution in [0.1, 0.15) is 41.3 Å². The Hall–Kier alpha value is -2.42. The van der Waals surface area contributed by atoms with Crippen LogP contribution in [0.2, 0.25) is 5.02 Å². The quantitative estimate of drug-likeness (QED) is 0.614. The highest BCUT2D eigenvalue weighted by molar-refractivity contribution is 7.89. The van der Waals surface area contributed by atoms with E-state index in [1.807, 2.05) is 38.1 Å². The van der Waals surface area contributed by atoms with Crippen molar-refractivity contribution in [2.45, 2.75) is 38.1 Å². The van der Waals surface area contributed by atoms with Gasteiger partial charge in [0.15, 0.2) is 6.61 Å². The minimum absolute atomic E-state index is 0.0179. The Kier molecular flexibility index (Phi) is 7.92. The van der Waals surface area contributed by atoms with E-state index in [4.69, 9.17) is 16.3 Å². The fraction of sp³-hybridized carbons (Fsp3) is 0.391. The van der Waals surface area contributed by atoms with Crippen LogP contribution in [0.3, 0.4) is 0 Å². The van der Waals surface area contributed by atoms with E-state index < -0.39 is 28.5 Å². The van der Waals surface area contributed by atoms with Crippen molar-refractivity contribution in [3.05, 3.63) is 64.2 Å². The summed E-state index contributed by atoms with van der Waals surface area (Å²) in [5.74, 6) is -0.998. The highest BCUT2D eigenvalue weighted by Crippen LogP contribution is 2.29. The summed E-state index contributed by atoms with van der Waals surface area (Å²) in [6.45, 7) is 4.64. The van der Waals surface area contributed by atoms with Gasteiger partial charge in [0.25, 0.3) is 5.91 Å².